The largest absolute Gasteiger partial charge is 0.336 e. The second kappa shape index (κ2) is 8.57. The van der Waals surface area contributed by atoms with Gasteiger partial charge in [-0.15, -0.1) is 0 Å². The van der Waals surface area contributed by atoms with E-state index in [1.165, 1.54) is 12.8 Å². The quantitative estimate of drug-likeness (QED) is 0.690. The van der Waals surface area contributed by atoms with Crippen molar-refractivity contribution in [2.45, 2.75) is 64.6 Å². The third-order valence-corrected chi connectivity index (χ3v) is 5.40. The Morgan fingerprint density at radius 3 is 2.57 bits per heavy atom. The predicted molar refractivity (Wildman–Crippen MR) is 94.5 cm³/mol. The van der Waals surface area contributed by atoms with Gasteiger partial charge in [0.2, 0.25) is 0 Å². The van der Waals surface area contributed by atoms with E-state index in [-0.39, 0.29) is 24.1 Å². The number of urea groups is 1. The molecule has 0 spiro atoms. The number of nitrogens with zero attached hydrogens (tertiary/aromatic N) is 3. The monoisotopic (exact) mass is 340 g/mol. The molecular formula is C16H28N4O2S. The number of hydrogen-bond donors (Lipinski definition) is 1. The highest BCUT2D eigenvalue weighted by molar-refractivity contribution is 8.13. The Balaban J connectivity index is 2.08. The third-order valence-electron chi connectivity index (χ3n) is 4.30. The van der Waals surface area contributed by atoms with E-state index in [9.17, 15) is 9.59 Å². The number of amidine groups is 1. The van der Waals surface area contributed by atoms with Crippen molar-refractivity contribution in [1.82, 2.24) is 15.1 Å². The lowest BCUT2D eigenvalue weighted by Crippen LogP contribution is -2.63. The second-order valence-electron chi connectivity index (χ2n) is 6.13. The summed E-state index contributed by atoms with van der Waals surface area (Å²) < 4.78 is 0. The van der Waals surface area contributed by atoms with Crippen molar-refractivity contribution >= 4 is 28.9 Å². The Labute approximate surface area is 143 Å². The average molecular weight is 340 g/mol. The number of imide groups is 1. The fraction of sp³-hybridized carbons (Fsp3) is 0.812. The minimum atomic E-state index is -0.383. The number of nitrogens with one attached hydrogen (secondary N) is 1. The van der Waals surface area contributed by atoms with Crippen molar-refractivity contribution in [2.24, 2.45) is 4.99 Å². The van der Waals surface area contributed by atoms with E-state index in [0.29, 0.717) is 0 Å². The van der Waals surface area contributed by atoms with Gasteiger partial charge in [-0.25, -0.2) is 9.79 Å². The Hall–Kier alpha value is -1.24. The molecule has 2 unspecified atom stereocenters. The summed E-state index contributed by atoms with van der Waals surface area (Å²) in [5.41, 5.74) is 0. The van der Waals surface area contributed by atoms with Crippen LogP contribution in [-0.4, -0.2) is 58.5 Å². The van der Waals surface area contributed by atoms with Crippen molar-refractivity contribution in [1.29, 1.82) is 0 Å². The summed E-state index contributed by atoms with van der Waals surface area (Å²) in [6, 6.07) is -0.728. The van der Waals surface area contributed by atoms with Gasteiger partial charge in [0.1, 0.15) is 0 Å². The molecule has 6 nitrogen and oxygen atoms in total. The van der Waals surface area contributed by atoms with Crippen molar-refractivity contribution < 1.29 is 9.59 Å². The smallest absolute Gasteiger partial charge is 0.325 e. The Bertz CT molecular complexity index is 469. The van der Waals surface area contributed by atoms with Crippen molar-refractivity contribution in [2.75, 3.05) is 19.3 Å². The average Bonchev–Trinajstić information content (AvgIpc) is 2.89. The molecule has 1 saturated heterocycles. The summed E-state index contributed by atoms with van der Waals surface area (Å²) in [6.07, 6.45) is 6.50. The van der Waals surface area contributed by atoms with Gasteiger partial charge in [-0.2, -0.15) is 0 Å². The number of carbonyl (C=O) groups is 2. The van der Waals surface area contributed by atoms with E-state index in [0.717, 1.165) is 43.1 Å². The van der Waals surface area contributed by atoms with Crippen molar-refractivity contribution in [3.63, 3.8) is 0 Å². The van der Waals surface area contributed by atoms with Crippen LogP contribution in [0.1, 0.15) is 52.4 Å². The molecule has 0 aliphatic carbocycles. The van der Waals surface area contributed by atoms with Crippen LogP contribution in [0.15, 0.2) is 4.99 Å². The molecule has 23 heavy (non-hydrogen) atoms. The van der Waals surface area contributed by atoms with E-state index in [1.54, 1.807) is 23.7 Å². The standard InChI is InChI=1S/C16H28N4O2S/c1-4-6-8-9-10-20-12-13(17-16(20)23-11-7-5-2)19(3)15(22)18-14(12)21/h12-13H,4-11H2,1-3H3,(H,18,21,22). The number of amides is 3. The third kappa shape index (κ3) is 4.19. The normalized spacial score (nSPS) is 23.9. The van der Waals surface area contributed by atoms with Gasteiger partial charge in [-0.05, 0) is 12.8 Å². The van der Waals surface area contributed by atoms with E-state index in [2.05, 4.69) is 24.1 Å². The molecule has 1 fully saturated rings. The molecule has 3 amide bonds. The molecule has 2 rings (SSSR count). The molecule has 0 aromatic rings. The molecule has 1 N–H and O–H groups in total. The topological polar surface area (TPSA) is 65.0 Å². The number of unbranched alkanes of at least 4 members (excludes halogenated alkanes) is 4. The molecule has 2 aliphatic rings. The van der Waals surface area contributed by atoms with Gasteiger partial charge in [0.25, 0.3) is 5.91 Å². The zero-order valence-corrected chi connectivity index (χ0v) is 15.2. The lowest BCUT2D eigenvalue weighted by Gasteiger charge is -2.36. The first-order valence-electron chi connectivity index (χ1n) is 8.65. The van der Waals surface area contributed by atoms with Crippen LogP contribution < -0.4 is 5.32 Å². The molecule has 0 aromatic carbocycles. The van der Waals surface area contributed by atoms with E-state index in [1.807, 2.05) is 0 Å². The zero-order chi connectivity index (χ0) is 16.8. The lowest BCUT2D eigenvalue weighted by atomic mass is 10.1. The number of rotatable bonds is 8. The van der Waals surface area contributed by atoms with Gasteiger partial charge in [-0.3, -0.25) is 10.1 Å². The van der Waals surface area contributed by atoms with Crippen LogP contribution in [0.25, 0.3) is 0 Å². The molecule has 130 valence electrons. The van der Waals surface area contributed by atoms with E-state index in [4.69, 9.17) is 4.99 Å². The van der Waals surface area contributed by atoms with Gasteiger partial charge >= 0.3 is 6.03 Å². The fourth-order valence-electron chi connectivity index (χ4n) is 2.87. The molecule has 0 aromatic heterocycles. The minimum Gasteiger partial charge on any atom is -0.336 e. The molecular weight excluding hydrogens is 312 g/mol. The molecule has 2 atom stereocenters. The van der Waals surface area contributed by atoms with Crippen LogP contribution in [0.5, 0.6) is 0 Å². The maximum Gasteiger partial charge on any atom is 0.325 e. The zero-order valence-electron chi connectivity index (χ0n) is 14.4. The minimum absolute atomic E-state index is 0.219. The van der Waals surface area contributed by atoms with Crippen molar-refractivity contribution in [3.05, 3.63) is 0 Å². The van der Waals surface area contributed by atoms with Gasteiger partial charge in [-0.1, -0.05) is 51.3 Å². The number of thioether (sulfide) groups is 1. The molecule has 7 heteroatoms. The summed E-state index contributed by atoms with van der Waals surface area (Å²) in [4.78, 5) is 32.5. The highest BCUT2D eigenvalue weighted by Gasteiger charge is 2.48. The maximum absolute atomic E-state index is 12.3. The van der Waals surface area contributed by atoms with Crippen LogP contribution >= 0.6 is 11.8 Å². The lowest BCUT2D eigenvalue weighted by molar-refractivity contribution is -0.127. The first-order chi connectivity index (χ1) is 11.1. The highest BCUT2D eigenvalue weighted by Crippen LogP contribution is 2.29. The molecule has 0 bridgehead atoms. The van der Waals surface area contributed by atoms with Crippen LogP contribution in [-0.2, 0) is 4.79 Å². The summed E-state index contributed by atoms with van der Waals surface area (Å²) >= 11 is 1.71. The van der Waals surface area contributed by atoms with Gasteiger partial charge < -0.3 is 9.80 Å². The van der Waals surface area contributed by atoms with Gasteiger partial charge in [0.05, 0.1) is 0 Å². The van der Waals surface area contributed by atoms with Gasteiger partial charge in [0, 0.05) is 19.3 Å². The first kappa shape index (κ1) is 18.1. The van der Waals surface area contributed by atoms with E-state index >= 15 is 0 Å². The number of hydrogen-bond acceptors (Lipinski definition) is 5. The second-order valence-corrected chi connectivity index (χ2v) is 7.19. The Kier molecular flexibility index (Phi) is 6.74. The fourth-order valence-corrected chi connectivity index (χ4v) is 4.04. The molecule has 0 saturated carbocycles. The van der Waals surface area contributed by atoms with Gasteiger partial charge in [0.15, 0.2) is 17.4 Å². The summed E-state index contributed by atoms with van der Waals surface area (Å²) in [7, 11) is 1.71. The summed E-state index contributed by atoms with van der Waals surface area (Å²) in [5.74, 6) is 0.780. The van der Waals surface area contributed by atoms with Crippen LogP contribution in [0.2, 0.25) is 0 Å². The van der Waals surface area contributed by atoms with Crippen LogP contribution in [0.4, 0.5) is 4.79 Å². The van der Waals surface area contributed by atoms with E-state index < -0.39 is 0 Å². The maximum atomic E-state index is 12.3. The first-order valence-corrected chi connectivity index (χ1v) is 9.63. The van der Waals surface area contributed by atoms with Crippen LogP contribution in [0.3, 0.4) is 0 Å². The number of carbonyl (C=O) groups excluding carboxylic acids is 2. The highest BCUT2D eigenvalue weighted by atomic mass is 32.2. The summed E-state index contributed by atoms with van der Waals surface area (Å²) in [5, 5.41) is 3.36. The van der Waals surface area contributed by atoms with Crippen LogP contribution in [0, 0.1) is 0 Å². The molecule has 2 aliphatic heterocycles. The number of fused-ring (bicyclic) bond motifs is 1. The predicted octanol–water partition coefficient (Wildman–Crippen LogP) is 2.65. The number of aliphatic imine (C=N–C) groups is 1. The SMILES string of the molecule is CCCCCCN1C(SCCCC)=NC2C1C(=O)NC(=O)N2C. The molecule has 2 heterocycles. The Morgan fingerprint density at radius 2 is 1.87 bits per heavy atom. The number of likely N-dealkylation sites (N-methyl/N-ethyl adjacent to an activating group) is 1. The summed E-state index contributed by atoms with van der Waals surface area (Å²) in [6.45, 7) is 5.18. The van der Waals surface area contributed by atoms with Crippen molar-refractivity contribution in [3.8, 4) is 0 Å². The Morgan fingerprint density at radius 1 is 1.13 bits per heavy atom. The molecule has 0 radical (unpaired) electrons.